The minimum Gasteiger partial charge on any atom is -0.489 e. The van der Waals surface area contributed by atoms with Crippen molar-refractivity contribution < 1.29 is 14.6 Å². The molecule has 3 nitrogen and oxygen atoms in total. The van der Waals surface area contributed by atoms with Gasteiger partial charge in [-0.25, -0.2) is 0 Å². The Balaban J connectivity index is 2.38. The number of aliphatic hydroxyl groups excluding tert-OH is 1. The van der Waals surface area contributed by atoms with Gasteiger partial charge in [-0.2, -0.15) is 0 Å². The van der Waals surface area contributed by atoms with Crippen molar-refractivity contribution in [3.8, 4) is 11.5 Å². The molecule has 0 spiro atoms. The molecule has 1 aromatic carbocycles. The predicted molar refractivity (Wildman–Crippen MR) is 66.9 cm³/mol. The van der Waals surface area contributed by atoms with Crippen molar-refractivity contribution in [3.05, 3.63) is 22.7 Å². The lowest BCUT2D eigenvalue weighted by Crippen LogP contribution is -2.06. The molecule has 0 aromatic heterocycles. The normalized spacial score (nSPS) is 16.8. The molecule has 94 valence electrons. The number of hydrogen-bond donors (Lipinski definition) is 1. The van der Waals surface area contributed by atoms with E-state index in [2.05, 4.69) is 0 Å². The maximum Gasteiger partial charge on any atom is 0.179 e. The molecule has 1 aliphatic heterocycles. The van der Waals surface area contributed by atoms with Gasteiger partial charge in [0.15, 0.2) is 11.5 Å². The van der Waals surface area contributed by atoms with Crippen LogP contribution >= 0.6 is 11.6 Å². The quantitative estimate of drug-likeness (QED) is 0.883. The Morgan fingerprint density at radius 3 is 2.65 bits per heavy atom. The predicted octanol–water partition coefficient (Wildman–Crippen LogP) is 3.19. The molecule has 0 radical (unpaired) electrons. The molecule has 0 aliphatic carbocycles. The van der Waals surface area contributed by atoms with Gasteiger partial charge in [0.25, 0.3) is 0 Å². The summed E-state index contributed by atoms with van der Waals surface area (Å²) in [4.78, 5) is 0. The Hall–Kier alpha value is -0.930. The highest BCUT2D eigenvalue weighted by Crippen LogP contribution is 2.40. The lowest BCUT2D eigenvalue weighted by Gasteiger charge is -2.17. The fourth-order valence-corrected chi connectivity index (χ4v) is 2.08. The maximum atomic E-state index is 10.0. The van der Waals surface area contributed by atoms with Crippen LogP contribution in [0.2, 0.25) is 5.02 Å². The number of rotatable bonds is 2. The minimum absolute atomic E-state index is 0.135. The van der Waals surface area contributed by atoms with Gasteiger partial charge in [0.2, 0.25) is 0 Å². The van der Waals surface area contributed by atoms with Crippen LogP contribution in [0.5, 0.6) is 11.5 Å². The van der Waals surface area contributed by atoms with Crippen LogP contribution < -0.4 is 9.47 Å². The monoisotopic (exact) mass is 256 g/mol. The van der Waals surface area contributed by atoms with E-state index in [0.717, 1.165) is 12.0 Å². The van der Waals surface area contributed by atoms with Gasteiger partial charge < -0.3 is 14.6 Å². The van der Waals surface area contributed by atoms with Gasteiger partial charge in [0.05, 0.1) is 24.3 Å². The second-order valence-electron chi connectivity index (χ2n) is 4.57. The summed E-state index contributed by atoms with van der Waals surface area (Å²) in [7, 11) is 0. The molecule has 0 bridgehead atoms. The van der Waals surface area contributed by atoms with Gasteiger partial charge in [-0.1, -0.05) is 25.4 Å². The summed E-state index contributed by atoms with van der Waals surface area (Å²) in [6, 6.07) is 3.57. The number of halogens is 1. The van der Waals surface area contributed by atoms with Crippen LogP contribution in [0.3, 0.4) is 0 Å². The summed E-state index contributed by atoms with van der Waals surface area (Å²) in [5, 5.41) is 10.5. The van der Waals surface area contributed by atoms with Gasteiger partial charge in [0.1, 0.15) is 0 Å². The highest BCUT2D eigenvalue weighted by Gasteiger charge is 2.20. The van der Waals surface area contributed by atoms with Gasteiger partial charge in [-0.15, -0.1) is 0 Å². The molecule has 1 N–H and O–H groups in total. The number of hydrogen-bond acceptors (Lipinski definition) is 3. The van der Waals surface area contributed by atoms with Crippen molar-refractivity contribution in [2.45, 2.75) is 26.4 Å². The molecule has 0 fully saturated rings. The second-order valence-corrected chi connectivity index (χ2v) is 4.98. The lowest BCUT2D eigenvalue weighted by atomic mass is 9.99. The third-order valence-corrected chi connectivity index (χ3v) is 3.08. The Kier molecular flexibility index (Phi) is 3.79. The van der Waals surface area contributed by atoms with Crippen molar-refractivity contribution in [2.24, 2.45) is 5.92 Å². The molecule has 1 aromatic rings. The second kappa shape index (κ2) is 5.15. The van der Waals surface area contributed by atoms with E-state index in [1.807, 2.05) is 19.9 Å². The Morgan fingerprint density at radius 2 is 1.94 bits per heavy atom. The van der Waals surface area contributed by atoms with E-state index >= 15 is 0 Å². The summed E-state index contributed by atoms with van der Waals surface area (Å²) in [6.45, 7) is 5.15. The summed E-state index contributed by atoms with van der Waals surface area (Å²) in [5.74, 6) is 1.35. The lowest BCUT2D eigenvalue weighted by molar-refractivity contribution is 0.126. The summed E-state index contributed by atoms with van der Waals surface area (Å²) < 4.78 is 11.1. The molecule has 1 atom stereocenters. The SMILES string of the molecule is CC(C)C(O)c1cc(Cl)c2c(c1)OCCCO2. The molecule has 1 aliphatic rings. The van der Waals surface area contributed by atoms with Gasteiger partial charge in [-0.05, 0) is 23.6 Å². The van der Waals surface area contributed by atoms with Crippen molar-refractivity contribution in [3.63, 3.8) is 0 Å². The Morgan fingerprint density at radius 1 is 1.24 bits per heavy atom. The third kappa shape index (κ3) is 2.67. The van der Waals surface area contributed by atoms with E-state index < -0.39 is 6.10 Å². The van der Waals surface area contributed by atoms with Crippen LogP contribution in [0, 0.1) is 5.92 Å². The van der Waals surface area contributed by atoms with Gasteiger partial charge >= 0.3 is 0 Å². The fourth-order valence-electron chi connectivity index (χ4n) is 1.81. The first-order valence-corrected chi connectivity index (χ1v) is 6.24. The summed E-state index contributed by atoms with van der Waals surface area (Å²) >= 11 is 6.15. The molecule has 0 saturated carbocycles. The number of aliphatic hydroxyl groups is 1. The molecular weight excluding hydrogens is 240 g/mol. The first-order chi connectivity index (χ1) is 8.09. The Labute approximate surface area is 106 Å². The fraction of sp³-hybridized carbons (Fsp3) is 0.538. The van der Waals surface area contributed by atoms with E-state index in [4.69, 9.17) is 21.1 Å². The van der Waals surface area contributed by atoms with Crippen LogP contribution in [0.15, 0.2) is 12.1 Å². The summed E-state index contributed by atoms with van der Waals surface area (Å²) in [6.07, 6.45) is 0.303. The van der Waals surface area contributed by atoms with Crippen molar-refractivity contribution in [1.29, 1.82) is 0 Å². The van der Waals surface area contributed by atoms with Crippen LogP contribution in [-0.2, 0) is 0 Å². The molecule has 1 unspecified atom stereocenters. The van der Waals surface area contributed by atoms with Crippen molar-refractivity contribution >= 4 is 11.6 Å². The van der Waals surface area contributed by atoms with Crippen LogP contribution in [0.25, 0.3) is 0 Å². The molecule has 1 heterocycles. The number of fused-ring (bicyclic) bond motifs is 1. The molecular formula is C13H17ClO3. The van der Waals surface area contributed by atoms with E-state index in [1.165, 1.54) is 0 Å². The molecule has 0 amide bonds. The van der Waals surface area contributed by atoms with Crippen LogP contribution in [-0.4, -0.2) is 18.3 Å². The molecule has 2 rings (SSSR count). The first kappa shape index (κ1) is 12.5. The van der Waals surface area contributed by atoms with E-state index in [-0.39, 0.29) is 5.92 Å². The topological polar surface area (TPSA) is 38.7 Å². The average Bonchev–Trinajstić information content (AvgIpc) is 2.53. The zero-order chi connectivity index (χ0) is 12.4. The Bertz CT molecular complexity index is 404. The molecule has 17 heavy (non-hydrogen) atoms. The van der Waals surface area contributed by atoms with Crippen LogP contribution in [0.4, 0.5) is 0 Å². The van der Waals surface area contributed by atoms with Gasteiger partial charge in [-0.3, -0.25) is 0 Å². The average molecular weight is 257 g/mol. The zero-order valence-corrected chi connectivity index (χ0v) is 10.8. The largest absolute Gasteiger partial charge is 0.489 e. The highest BCUT2D eigenvalue weighted by molar-refractivity contribution is 6.32. The van der Waals surface area contributed by atoms with Crippen molar-refractivity contribution in [1.82, 2.24) is 0 Å². The molecule has 4 heteroatoms. The smallest absolute Gasteiger partial charge is 0.179 e. The standard InChI is InChI=1S/C13H17ClO3/c1-8(2)12(15)9-6-10(14)13-11(7-9)16-4-3-5-17-13/h6-8,12,15H,3-5H2,1-2H3. The summed E-state index contributed by atoms with van der Waals surface area (Å²) in [5.41, 5.74) is 0.772. The minimum atomic E-state index is -0.537. The van der Waals surface area contributed by atoms with Crippen LogP contribution in [0.1, 0.15) is 31.9 Å². The maximum absolute atomic E-state index is 10.0. The number of benzene rings is 1. The van der Waals surface area contributed by atoms with Gasteiger partial charge in [0, 0.05) is 6.42 Å². The van der Waals surface area contributed by atoms with E-state index in [9.17, 15) is 5.11 Å². The number of ether oxygens (including phenoxy) is 2. The van der Waals surface area contributed by atoms with E-state index in [1.54, 1.807) is 6.07 Å². The first-order valence-electron chi connectivity index (χ1n) is 5.86. The third-order valence-electron chi connectivity index (χ3n) is 2.80. The van der Waals surface area contributed by atoms with E-state index in [0.29, 0.717) is 29.7 Å². The molecule has 0 saturated heterocycles. The van der Waals surface area contributed by atoms with Crippen molar-refractivity contribution in [2.75, 3.05) is 13.2 Å². The zero-order valence-electron chi connectivity index (χ0n) is 10.1. The highest BCUT2D eigenvalue weighted by atomic mass is 35.5.